The van der Waals surface area contributed by atoms with Crippen LogP contribution in [0.4, 0.5) is 0 Å². The van der Waals surface area contributed by atoms with Crippen LogP contribution in [0.25, 0.3) is 86.3 Å². The van der Waals surface area contributed by atoms with Crippen LogP contribution in [0, 0.1) is 0 Å². The number of fused-ring (bicyclic) bond motifs is 8. The number of para-hydroxylation sites is 1. The molecule has 0 spiro atoms. The second kappa shape index (κ2) is 8.65. The van der Waals surface area contributed by atoms with Crippen LogP contribution in [-0.2, 0) is 0 Å². The molecule has 0 radical (unpaired) electrons. The van der Waals surface area contributed by atoms with E-state index in [9.17, 15) is 0 Å². The van der Waals surface area contributed by atoms with Gasteiger partial charge in [0.15, 0.2) is 5.82 Å². The second-order valence-electron chi connectivity index (χ2n) is 10.4. The number of rotatable bonds is 2. The Morgan fingerprint density at radius 3 is 2.02 bits per heavy atom. The summed E-state index contributed by atoms with van der Waals surface area (Å²) in [4.78, 5) is 15.6. The molecule has 0 unspecified atom stereocenters. The molecule has 3 aromatic heterocycles. The average molecular weight is 540 g/mol. The lowest BCUT2D eigenvalue weighted by molar-refractivity contribution is 1.20. The van der Waals surface area contributed by atoms with Gasteiger partial charge in [-0.1, -0.05) is 97.1 Å². The van der Waals surface area contributed by atoms with Gasteiger partial charge in [0.25, 0.3) is 0 Å². The predicted molar refractivity (Wildman–Crippen MR) is 174 cm³/mol. The standard InChI is InChI=1S/C37H21N3S/c1-2-10-23-19-24(18-17-22(23)9-1)35-28-14-5-7-15-31(28)39-37(40-35)36-27-13-4-3-11-25(27)29-20-30-26-12-6-8-16-33(26)41-34(30)21-32(29)38-36/h1-21H. The SMILES string of the molecule is c1ccc2cc(-c3nc(-c4nc5cc6sc7ccccc7c6cc5c5ccccc45)nc4ccccc34)ccc2c1. The zero-order chi connectivity index (χ0) is 26.9. The number of pyridine rings is 1. The van der Waals surface area contributed by atoms with Gasteiger partial charge in [0.1, 0.15) is 5.69 Å². The van der Waals surface area contributed by atoms with E-state index < -0.39 is 0 Å². The number of hydrogen-bond acceptors (Lipinski definition) is 4. The summed E-state index contributed by atoms with van der Waals surface area (Å²) in [7, 11) is 0. The summed E-state index contributed by atoms with van der Waals surface area (Å²) < 4.78 is 2.53. The van der Waals surface area contributed by atoms with Crippen molar-refractivity contribution in [3.8, 4) is 22.8 Å². The van der Waals surface area contributed by atoms with Crippen LogP contribution in [-0.4, -0.2) is 15.0 Å². The molecular weight excluding hydrogens is 518 g/mol. The van der Waals surface area contributed by atoms with Crippen LogP contribution in [0.3, 0.4) is 0 Å². The maximum Gasteiger partial charge on any atom is 0.179 e. The van der Waals surface area contributed by atoms with E-state index >= 15 is 0 Å². The number of nitrogens with zero attached hydrogens (tertiary/aromatic N) is 3. The summed E-state index contributed by atoms with van der Waals surface area (Å²) in [6, 6.07) is 44.9. The highest BCUT2D eigenvalue weighted by atomic mass is 32.1. The van der Waals surface area contributed by atoms with Crippen molar-refractivity contribution in [2.24, 2.45) is 0 Å². The van der Waals surface area contributed by atoms with Crippen molar-refractivity contribution in [2.75, 3.05) is 0 Å². The molecule has 4 heteroatoms. The maximum atomic E-state index is 5.27. The first-order valence-corrected chi connectivity index (χ1v) is 14.5. The summed E-state index contributed by atoms with van der Waals surface area (Å²) in [5, 5.41) is 9.37. The van der Waals surface area contributed by atoms with Gasteiger partial charge in [-0.25, -0.2) is 15.0 Å². The molecule has 0 aliphatic carbocycles. The van der Waals surface area contributed by atoms with Crippen LogP contribution >= 0.6 is 11.3 Å². The lowest BCUT2D eigenvalue weighted by Crippen LogP contribution is -1.98. The smallest absolute Gasteiger partial charge is 0.179 e. The van der Waals surface area contributed by atoms with E-state index in [2.05, 4.69) is 121 Å². The van der Waals surface area contributed by atoms with Gasteiger partial charge in [-0.3, -0.25) is 0 Å². The molecule has 41 heavy (non-hydrogen) atoms. The van der Waals surface area contributed by atoms with Crippen molar-refractivity contribution >= 4 is 74.9 Å². The van der Waals surface area contributed by atoms with E-state index in [0.717, 1.165) is 49.5 Å². The van der Waals surface area contributed by atoms with E-state index in [1.54, 1.807) is 0 Å². The van der Waals surface area contributed by atoms with Crippen molar-refractivity contribution in [2.45, 2.75) is 0 Å². The zero-order valence-electron chi connectivity index (χ0n) is 21.9. The van der Waals surface area contributed by atoms with Gasteiger partial charge in [-0.15, -0.1) is 11.3 Å². The molecule has 9 aromatic rings. The van der Waals surface area contributed by atoms with Gasteiger partial charge >= 0.3 is 0 Å². The molecular formula is C37H21N3S. The van der Waals surface area contributed by atoms with Crippen molar-refractivity contribution in [1.29, 1.82) is 0 Å². The second-order valence-corrected chi connectivity index (χ2v) is 11.5. The van der Waals surface area contributed by atoms with E-state index in [1.807, 2.05) is 17.4 Å². The highest BCUT2D eigenvalue weighted by Gasteiger charge is 2.18. The van der Waals surface area contributed by atoms with Gasteiger partial charge in [-0.2, -0.15) is 0 Å². The first-order valence-electron chi connectivity index (χ1n) is 13.7. The Bertz CT molecular complexity index is 2490. The molecule has 0 N–H and O–H groups in total. The Balaban J connectivity index is 1.35. The van der Waals surface area contributed by atoms with Crippen molar-refractivity contribution in [3.05, 3.63) is 127 Å². The first-order chi connectivity index (χ1) is 20.3. The molecule has 9 rings (SSSR count). The van der Waals surface area contributed by atoms with E-state index in [-0.39, 0.29) is 0 Å². The summed E-state index contributed by atoms with van der Waals surface area (Å²) in [5.41, 5.74) is 4.66. The molecule has 6 aromatic carbocycles. The Morgan fingerprint density at radius 1 is 0.390 bits per heavy atom. The third-order valence-electron chi connectivity index (χ3n) is 8.04. The summed E-state index contributed by atoms with van der Waals surface area (Å²) >= 11 is 1.81. The predicted octanol–water partition coefficient (Wildman–Crippen LogP) is 10.2. The summed E-state index contributed by atoms with van der Waals surface area (Å²) in [6.07, 6.45) is 0. The monoisotopic (exact) mass is 539 g/mol. The molecule has 0 aliphatic rings. The quantitative estimate of drug-likeness (QED) is 0.205. The molecule has 0 aliphatic heterocycles. The number of hydrogen-bond donors (Lipinski definition) is 0. The molecule has 0 fully saturated rings. The molecule has 3 heterocycles. The molecule has 0 saturated carbocycles. The Hall–Kier alpha value is -5.19. The average Bonchev–Trinajstić information content (AvgIpc) is 3.40. The highest BCUT2D eigenvalue weighted by molar-refractivity contribution is 7.25. The van der Waals surface area contributed by atoms with Crippen molar-refractivity contribution < 1.29 is 0 Å². The largest absolute Gasteiger partial charge is 0.244 e. The third-order valence-corrected chi connectivity index (χ3v) is 9.17. The van der Waals surface area contributed by atoms with Crippen LogP contribution in [0.2, 0.25) is 0 Å². The van der Waals surface area contributed by atoms with Crippen LogP contribution in [0.5, 0.6) is 0 Å². The number of aromatic nitrogens is 3. The fourth-order valence-electron chi connectivity index (χ4n) is 6.08. The topological polar surface area (TPSA) is 38.7 Å². The first kappa shape index (κ1) is 22.6. The van der Waals surface area contributed by atoms with E-state index in [4.69, 9.17) is 15.0 Å². The van der Waals surface area contributed by atoms with Crippen LogP contribution in [0.1, 0.15) is 0 Å². The summed E-state index contributed by atoms with van der Waals surface area (Å²) in [5.74, 6) is 0.640. The van der Waals surface area contributed by atoms with Crippen molar-refractivity contribution in [1.82, 2.24) is 15.0 Å². The highest BCUT2D eigenvalue weighted by Crippen LogP contribution is 2.40. The molecule has 0 bridgehead atoms. The molecule has 0 atom stereocenters. The maximum absolute atomic E-state index is 5.27. The Labute approximate surface area is 239 Å². The Kier molecular flexibility index (Phi) is 4.77. The molecule has 3 nitrogen and oxygen atoms in total. The lowest BCUT2D eigenvalue weighted by Gasteiger charge is -2.13. The third kappa shape index (κ3) is 3.48. The van der Waals surface area contributed by atoms with Crippen LogP contribution < -0.4 is 0 Å². The minimum atomic E-state index is 0.640. The van der Waals surface area contributed by atoms with E-state index in [0.29, 0.717) is 5.82 Å². The van der Waals surface area contributed by atoms with Gasteiger partial charge in [0, 0.05) is 41.9 Å². The minimum Gasteiger partial charge on any atom is -0.244 e. The minimum absolute atomic E-state index is 0.640. The van der Waals surface area contributed by atoms with Gasteiger partial charge in [0.2, 0.25) is 0 Å². The van der Waals surface area contributed by atoms with Crippen LogP contribution in [0.15, 0.2) is 127 Å². The van der Waals surface area contributed by atoms with Crippen molar-refractivity contribution in [3.63, 3.8) is 0 Å². The fraction of sp³-hybridized carbons (Fsp3) is 0. The fourth-order valence-corrected chi connectivity index (χ4v) is 7.20. The normalized spacial score (nSPS) is 11.9. The molecule has 0 amide bonds. The van der Waals surface area contributed by atoms with E-state index in [1.165, 1.54) is 30.9 Å². The number of thiophene rings is 1. The van der Waals surface area contributed by atoms with Gasteiger partial charge in [-0.05, 0) is 46.5 Å². The van der Waals surface area contributed by atoms with Gasteiger partial charge < -0.3 is 0 Å². The number of benzene rings is 6. The lowest BCUT2D eigenvalue weighted by atomic mass is 10.0. The summed E-state index contributed by atoms with van der Waals surface area (Å²) in [6.45, 7) is 0. The van der Waals surface area contributed by atoms with Gasteiger partial charge in [0.05, 0.1) is 16.7 Å². The Morgan fingerprint density at radius 2 is 1.12 bits per heavy atom. The molecule has 190 valence electrons. The zero-order valence-corrected chi connectivity index (χ0v) is 22.7. The molecule has 0 saturated heterocycles.